The summed E-state index contributed by atoms with van der Waals surface area (Å²) in [7, 11) is 3.98. The van der Waals surface area contributed by atoms with Crippen LogP contribution in [0.2, 0.25) is 0 Å². The molecule has 1 aromatic carbocycles. The molecule has 2 amide bonds. The van der Waals surface area contributed by atoms with Crippen LogP contribution in [-0.2, 0) is 11.3 Å². The van der Waals surface area contributed by atoms with Gasteiger partial charge in [-0.3, -0.25) is 9.59 Å². The number of rotatable bonds is 8. The summed E-state index contributed by atoms with van der Waals surface area (Å²) in [6, 6.07) is 9.75. The lowest BCUT2D eigenvalue weighted by atomic mass is 10.0. The molecule has 0 aliphatic carbocycles. The van der Waals surface area contributed by atoms with Gasteiger partial charge < -0.3 is 15.1 Å². The van der Waals surface area contributed by atoms with Crippen LogP contribution in [0.15, 0.2) is 35.7 Å². The van der Waals surface area contributed by atoms with Crippen LogP contribution in [0.5, 0.6) is 0 Å². The van der Waals surface area contributed by atoms with E-state index in [1.165, 1.54) is 11.3 Å². The lowest BCUT2D eigenvalue weighted by Gasteiger charge is -2.33. The first-order valence-corrected chi connectivity index (χ1v) is 10.9. The molecule has 2 aromatic rings. The summed E-state index contributed by atoms with van der Waals surface area (Å²) in [6.07, 6.45) is 0. The summed E-state index contributed by atoms with van der Waals surface area (Å²) in [5.74, 6) is 0.258. The Labute approximate surface area is 178 Å². The van der Waals surface area contributed by atoms with Gasteiger partial charge in [0.05, 0.1) is 4.88 Å². The first-order chi connectivity index (χ1) is 13.6. The number of nitrogens with zero attached hydrogens (tertiary/aromatic N) is 2. The third-order valence-corrected chi connectivity index (χ3v) is 6.00. The van der Waals surface area contributed by atoms with Crippen LogP contribution in [0.4, 0.5) is 11.4 Å². The van der Waals surface area contributed by atoms with Crippen LogP contribution in [0.25, 0.3) is 0 Å². The smallest absolute Gasteiger partial charge is 0.264 e. The van der Waals surface area contributed by atoms with Gasteiger partial charge in [-0.2, -0.15) is 0 Å². The van der Waals surface area contributed by atoms with Gasteiger partial charge in [0.1, 0.15) is 0 Å². The number of hydrogen-bond acceptors (Lipinski definition) is 4. The van der Waals surface area contributed by atoms with Gasteiger partial charge in [0.2, 0.25) is 5.91 Å². The first kappa shape index (κ1) is 22.9. The summed E-state index contributed by atoms with van der Waals surface area (Å²) in [6.45, 7) is 10.6. The van der Waals surface area contributed by atoms with E-state index in [9.17, 15) is 9.59 Å². The zero-order chi connectivity index (χ0) is 21.7. The molecule has 0 fully saturated rings. The fraction of sp³-hybridized carbons (Fsp3) is 0.478. The lowest BCUT2D eigenvalue weighted by Crippen LogP contribution is -2.41. The Bertz CT molecular complexity index is 829. The Morgan fingerprint density at radius 1 is 1.07 bits per heavy atom. The van der Waals surface area contributed by atoms with Gasteiger partial charge in [-0.1, -0.05) is 33.8 Å². The van der Waals surface area contributed by atoms with E-state index in [0.717, 1.165) is 21.8 Å². The lowest BCUT2D eigenvalue weighted by molar-refractivity contribution is -0.118. The fourth-order valence-electron chi connectivity index (χ4n) is 3.00. The van der Waals surface area contributed by atoms with Crippen LogP contribution in [0, 0.1) is 11.8 Å². The molecular formula is C23H33N3O2S. The second kappa shape index (κ2) is 9.92. The van der Waals surface area contributed by atoms with E-state index >= 15 is 0 Å². The molecule has 29 heavy (non-hydrogen) atoms. The van der Waals surface area contributed by atoms with Gasteiger partial charge in [-0.05, 0) is 48.1 Å². The van der Waals surface area contributed by atoms with Crippen LogP contribution >= 0.6 is 11.3 Å². The van der Waals surface area contributed by atoms with Crippen LogP contribution in [0.1, 0.15) is 49.9 Å². The largest absolute Gasteiger partial charge is 0.377 e. The minimum atomic E-state index is -0.0927. The quantitative estimate of drug-likeness (QED) is 0.653. The standard InChI is InChI=1S/C23H33N3O2S/c1-15(2)17(5)26(23(28)21-9-8-12-29-21)14-18-13-19(24-22(27)16(3)4)10-11-20(18)25(6)7/h8-13,15-17H,14H2,1-7H3,(H,24,27)/t17-/m0/s1. The SMILES string of the molecule is CC(C)C(=O)Nc1ccc(N(C)C)c(CN(C(=O)c2cccs2)[C@@H](C)C(C)C)c1. The first-order valence-electron chi connectivity index (χ1n) is 10.1. The van der Waals surface area contributed by atoms with Gasteiger partial charge in [0, 0.05) is 44.0 Å². The topological polar surface area (TPSA) is 52.7 Å². The van der Waals surface area contributed by atoms with Crippen molar-refractivity contribution in [2.45, 2.75) is 47.2 Å². The maximum Gasteiger partial charge on any atom is 0.264 e. The monoisotopic (exact) mass is 415 g/mol. The normalized spacial score (nSPS) is 12.2. The van der Waals surface area contributed by atoms with Crippen molar-refractivity contribution in [3.8, 4) is 0 Å². The highest BCUT2D eigenvalue weighted by Crippen LogP contribution is 2.28. The Kier molecular flexibility index (Phi) is 7.85. The molecule has 2 rings (SSSR count). The summed E-state index contributed by atoms with van der Waals surface area (Å²) in [4.78, 5) is 30.1. The molecule has 1 atom stereocenters. The minimum absolute atomic E-state index is 0.0179. The molecule has 0 spiro atoms. The van der Waals surface area contributed by atoms with E-state index < -0.39 is 0 Å². The van der Waals surface area contributed by atoms with Crippen LogP contribution in [0.3, 0.4) is 0 Å². The number of carbonyl (C=O) groups excluding carboxylic acids is 2. The van der Waals surface area contributed by atoms with E-state index in [0.29, 0.717) is 12.5 Å². The van der Waals surface area contributed by atoms with E-state index in [1.54, 1.807) is 0 Å². The molecule has 5 nitrogen and oxygen atoms in total. The fourth-order valence-corrected chi connectivity index (χ4v) is 3.68. The third-order valence-electron chi connectivity index (χ3n) is 5.14. The van der Waals surface area contributed by atoms with E-state index in [1.807, 2.05) is 73.5 Å². The highest BCUT2D eigenvalue weighted by atomic mass is 32.1. The van der Waals surface area contributed by atoms with Gasteiger partial charge >= 0.3 is 0 Å². The highest BCUT2D eigenvalue weighted by Gasteiger charge is 2.26. The zero-order valence-electron chi connectivity index (χ0n) is 18.5. The maximum absolute atomic E-state index is 13.2. The van der Waals surface area contributed by atoms with Crippen molar-refractivity contribution in [2.24, 2.45) is 11.8 Å². The number of hydrogen-bond donors (Lipinski definition) is 1. The Balaban J connectivity index is 2.41. The van der Waals surface area contributed by atoms with Crippen LogP contribution in [-0.4, -0.2) is 36.9 Å². The number of thiophene rings is 1. The second-order valence-corrected chi connectivity index (χ2v) is 9.22. The average Bonchev–Trinajstić information content (AvgIpc) is 3.19. The van der Waals surface area contributed by atoms with Gasteiger partial charge in [0.15, 0.2) is 0 Å². The van der Waals surface area contributed by atoms with Crippen molar-refractivity contribution in [2.75, 3.05) is 24.3 Å². The number of nitrogens with one attached hydrogen (secondary N) is 1. The van der Waals surface area contributed by atoms with Gasteiger partial charge in [-0.25, -0.2) is 0 Å². The zero-order valence-corrected chi connectivity index (χ0v) is 19.3. The van der Waals surface area contributed by atoms with E-state index in [4.69, 9.17) is 0 Å². The molecule has 0 bridgehead atoms. The summed E-state index contributed by atoms with van der Waals surface area (Å²) < 4.78 is 0. The van der Waals surface area contributed by atoms with Crippen LogP contribution < -0.4 is 10.2 Å². The Morgan fingerprint density at radius 2 is 1.76 bits per heavy atom. The molecule has 0 saturated carbocycles. The molecule has 0 aliphatic rings. The molecule has 1 N–H and O–H groups in total. The van der Waals surface area contributed by atoms with Gasteiger partial charge in [-0.15, -0.1) is 11.3 Å². The summed E-state index contributed by atoms with van der Waals surface area (Å²) in [5, 5.41) is 4.90. The molecule has 158 valence electrons. The second-order valence-electron chi connectivity index (χ2n) is 8.28. The van der Waals surface area contributed by atoms with Crippen molar-refractivity contribution < 1.29 is 9.59 Å². The van der Waals surface area contributed by atoms with Crippen molar-refractivity contribution in [3.05, 3.63) is 46.2 Å². The number of amides is 2. The molecule has 6 heteroatoms. The van der Waals surface area contributed by atoms with Crippen molar-refractivity contribution in [1.29, 1.82) is 0 Å². The third kappa shape index (κ3) is 5.82. The van der Waals surface area contributed by atoms with Crippen molar-refractivity contribution in [3.63, 3.8) is 0 Å². The highest BCUT2D eigenvalue weighted by molar-refractivity contribution is 7.12. The van der Waals surface area contributed by atoms with Crippen molar-refractivity contribution >= 4 is 34.5 Å². The average molecular weight is 416 g/mol. The summed E-state index contributed by atoms with van der Waals surface area (Å²) >= 11 is 1.47. The molecule has 1 heterocycles. The summed E-state index contributed by atoms with van der Waals surface area (Å²) in [5.41, 5.74) is 2.80. The van der Waals surface area contributed by atoms with E-state index in [-0.39, 0.29) is 23.8 Å². The molecular weight excluding hydrogens is 382 g/mol. The van der Waals surface area contributed by atoms with Gasteiger partial charge in [0.25, 0.3) is 5.91 Å². The number of anilines is 2. The molecule has 0 saturated heterocycles. The number of benzene rings is 1. The molecule has 1 aromatic heterocycles. The predicted octanol–water partition coefficient (Wildman–Crippen LogP) is 5.10. The Hall–Kier alpha value is -2.34. The molecule has 0 unspecified atom stereocenters. The van der Waals surface area contributed by atoms with E-state index in [2.05, 4.69) is 26.1 Å². The molecule has 0 radical (unpaired) electrons. The number of carbonyl (C=O) groups is 2. The molecule has 0 aliphatic heterocycles. The minimum Gasteiger partial charge on any atom is -0.377 e. The van der Waals surface area contributed by atoms with Crippen molar-refractivity contribution in [1.82, 2.24) is 4.90 Å². The Morgan fingerprint density at radius 3 is 2.28 bits per heavy atom. The predicted molar refractivity (Wildman–Crippen MR) is 123 cm³/mol. The maximum atomic E-state index is 13.2.